The van der Waals surface area contributed by atoms with E-state index in [-0.39, 0.29) is 5.91 Å². The van der Waals surface area contributed by atoms with Crippen molar-refractivity contribution in [1.29, 1.82) is 0 Å². The molecule has 0 N–H and O–H groups in total. The summed E-state index contributed by atoms with van der Waals surface area (Å²) in [6.45, 7) is 3.11. The van der Waals surface area contributed by atoms with E-state index in [2.05, 4.69) is 11.1 Å². The number of aryl methyl sites for hydroxylation is 1. The predicted molar refractivity (Wildman–Crippen MR) is 106 cm³/mol. The maximum Gasteiger partial charge on any atom is 0.277 e. The maximum atomic E-state index is 12.9. The summed E-state index contributed by atoms with van der Waals surface area (Å²) in [4.78, 5) is 20.4. The summed E-state index contributed by atoms with van der Waals surface area (Å²) in [5, 5.41) is 2.62. The topological polar surface area (TPSA) is 42.4 Å². The summed E-state index contributed by atoms with van der Waals surface area (Å²) < 4.78 is 5.76. The molecule has 1 aromatic heterocycles. The summed E-state index contributed by atoms with van der Waals surface area (Å²) in [5.74, 6) is 1.66. The first-order valence-electron chi connectivity index (χ1n) is 8.38. The molecular formula is C20H18N2O2S2. The van der Waals surface area contributed by atoms with Crippen LogP contribution in [-0.4, -0.2) is 23.2 Å². The number of anilines is 1. The van der Waals surface area contributed by atoms with Crippen LogP contribution < -0.4 is 9.64 Å². The van der Waals surface area contributed by atoms with Crippen molar-refractivity contribution in [3.8, 4) is 5.75 Å². The van der Waals surface area contributed by atoms with Crippen molar-refractivity contribution < 1.29 is 9.53 Å². The van der Waals surface area contributed by atoms with Crippen LogP contribution in [-0.2, 0) is 6.61 Å². The smallest absolute Gasteiger partial charge is 0.277 e. The molecule has 2 aromatic carbocycles. The van der Waals surface area contributed by atoms with Crippen molar-refractivity contribution in [3.63, 3.8) is 0 Å². The number of hydrogen-bond acceptors (Lipinski definition) is 5. The van der Waals surface area contributed by atoms with Gasteiger partial charge >= 0.3 is 0 Å². The monoisotopic (exact) mass is 382 g/mol. The van der Waals surface area contributed by atoms with Gasteiger partial charge in [0.05, 0.1) is 5.69 Å². The molecule has 3 aromatic rings. The average Bonchev–Trinajstić information content (AvgIpc) is 3.15. The Morgan fingerprint density at radius 1 is 1.19 bits per heavy atom. The average molecular weight is 383 g/mol. The number of benzene rings is 2. The molecule has 0 saturated carbocycles. The lowest BCUT2D eigenvalue weighted by Crippen LogP contribution is -2.35. The van der Waals surface area contributed by atoms with Crippen LogP contribution in [0.25, 0.3) is 0 Å². The molecule has 132 valence electrons. The molecule has 6 heteroatoms. The molecule has 0 unspecified atom stereocenters. The molecule has 0 radical (unpaired) electrons. The van der Waals surface area contributed by atoms with Gasteiger partial charge in [0, 0.05) is 22.6 Å². The number of thiazole rings is 1. The van der Waals surface area contributed by atoms with Gasteiger partial charge in [-0.05, 0) is 31.2 Å². The van der Waals surface area contributed by atoms with Crippen molar-refractivity contribution in [2.75, 3.05) is 17.2 Å². The number of aromatic nitrogens is 1. The van der Waals surface area contributed by atoms with Gasteiger partial charge in [-0.15, -0.1) is 23.1 Å². The van der Waals surface area contributed by atoms with E-state index in [1.54, 1.807) is 11.8 Å². The highest BCUT2D eigenvalue weighted by Crippen LogP contribution is 2.35. The molecule has 26 heavy (non-hydrogen) atoms. The van der Waals surface area contributed by atoms with Crippen molar-refractivity contribution in [3.05, 3.63) is 70.2 Å². The van der Waals surface area contributed by atoms with Crippen LogP contribution in [0.2, 0.25) is 0 Å². The highest BCUT2D eigenvalue weighted by atomic mass is 32.2. The number of thioether (sulfide) groups is 1. The van der Waals surface area contributed by atoms with Gasteiger partial charge in [0.1, 0.15) is 23.1 Å². The fraction of sp³-hybridized carbons (Fsp3) is 0.200. The Morgan fingerprint density at radius 3 is 2.85 bits per heavy atom. The maximum absolute atomic E-state index is 12.9. The van der Waals surface area contributed by atoms with Crippen molar-refractivity contribution in [2.45, 2.75) is 18.4 Å². The molecule has 0 saturated heterocycles. The zero-order valence-electron chi connectivity index (χ0n) is 14.3. The minimum absolute atomic E-state index is 0.0458. The fourth-order valence-electron chi connectivity index (χ4n) is 2.77. The van der Waals surface area contributed by atoms with Gasteiger partial charge < -0.3 is 9.64 Å². The highest BCUT2D eigenvalue weighted by Gasteiger charge is 2.25. The summed E-state index contributed by atoms with van der Waals surface area (Å²) in [7, 11) is 0. The number of nitrogens with zero attached hydrogens (tertiary/aromatic N) is 2. The molecule has 1 aliphatic heterocycles. The second-order valence-electron chi connectivity index (χ2n) is 6.00. The molecule has 0 spiro atoms. The summed E-state index contributed by atoms with van der Waals surface area (Å²) in [6, 6.07) is 15.9. The standard InChI is InChI=1S/C20H18N2O2S2/c1-14-6-8-15(9-7-14)24-12-19-21-16(13-26-19)20(23)22-10-11-25-18-5-3-2-4-17(18)22/h2-9,13H,10-12H2,1H3. The molecule has 1 amide bonds. The Hall–Kier alpha value is -2.31. The van der Waals surface area contributed by atoms with E-state index in [1.165, 1.54) is 16.9 Å². The van der Waals surface area contributed by atoms with E-state index in [0.29, 0.717) is 18.8 Å². The SMILES string of the molecule is Cc1ccc(OCc2nc(C(=O)N3CCSc4ccccc43)cs2)cc1. The van der Waals surface area contributed by atoms with Crippen LogP contribution in [0.4, 0.5) is 5.69 Å². The third-order valence-corrected chi connectivity index (χ3v) is 5.99. The highest BCUT2D eigenvalue weighted by molar-refractivity contribution is 7.99. The fourth-order valence-corrected chi connectivity index (χ4v) is 4.45. The van der Waals surface area contributed by atoms with Crippen molar-refractivity contribution in [1.82, 2.24) is 4.98 Å². The van der Waals surface area contributed by atoms with Gasteiger partial charge in [-0.2, -0.15) is 0 Å². The number of carbonyl (C=O) groups excluding carboxylic acids is 1. The van der Waals surface area contributed by atoms with Gasteiger partial charge in [0.15, 0.2) is 0 Å². The zero-order valence-corrected chi connectivity index (χ0v) is 16.0. The minimum atomic E-state index is -0.0458. The lowest BCUT2D eigenvalue weighted by atomic mass is 10.2. The predicted octanol–water partition coefficient (Wildman–Crippen LogP) is 4.78. The number of carbonyl (C=O) groups is 1. The normalized spacial score (nSPS) is 13.3. The number of rotatable bonds is 4. The minimum Gasteiger partial charge on any atom is -0.486 e. The second-order valence-corrected chi connectivity index (χ2v) is 8.08. The summed E-state index contributed by atoms with van der Waals surface area (Å²) in [6.07, 6.45) is 0. The molecular weight excluding hydrogens is 364 g/mol. The molecule has 1 aliphatic rings. The largest absolute Gasteiger partial charge is 0.486 e. The van der Waals surface area contributed by atoms with Crippen LogP contribution in [0.1, 0.15) is 21.1 Å². The Bertz CT molecular complexity index is 922. The molecule has 4 nitrogen and oxygen atoms in total. The van der Waals surface area contributed by atoms with Crippen molar-refractivity contribution in [2.24, 2.45) is 0 Å². The van der Waals surface area contributed by atoms with E-state index < -0.39 is 0 Å². The van der Waals surface area contributed by atoms with Gasteiger partial charge in [0.25, 0.3) is 5.91 Å². The van der Waals surface area contributed by atoms with Gasteiger partial charge in [-0.3, -0.25) is 4.79 Å². The Morgan fingerprint density at radius 2 is 2.00 bits per heavy atom. The lowest BCUT2D eigenvalue weighted by Gasteiger charge is -2.28. The lowest BCUT2D eigenvalue weighted by molar-refractivity contribution is 0.0983. The first kappa shape index (κ1) is 17.1. The van der Waals surface area contributed by atoms with E-state index in [9.17, 15) is 4.79 Å². The quantitative estimate of drug-likeness (QED) is 0.651. The summed E-state index contributed by atoms with van der Waals surface area (Å²) in [5.41, 5.74) is 2.65. The van der Waals surface area contributed by atoms with E-state index in [1.807, 2.05) is 59.7 Å². The zero-order chi connectivity index (χ0) is 17.9. The Labute approximate surface area is 160 Å². The van der Waals surface area contributed by atoms with Crippen LogP contribution >= 0.6 is 23.1 Å². The van der Waals surface area contributed by atoms with Crippen molar-refractivity contribution >= 4 is 34.7 Å². The van der Waals surface area contributed by atoms with Gasteiger partial charge in [-0.1, -0.05) is 29.8 Å². The molecule has 0 atom stereocenters. The number of amides is 1. The van der Waals surface area contributed by atoms with Crippen LogP contribution in [0.15, 0.2) is 58.8 Å². The van der Waals surface area contributed by atoms with Crippen LogP contribution in [0.3, 0.4) is 0 Å². The molecule has 4 rings (SSSR count). The first-order valence-corrected chi connectivity index (χ1v) is 10.2. The number of hydrogen-bond donors (Lipinski definition) is 0. The van der Waals surface area contributed by atoms with Gasteiger partial charge in [0.2, 0.25) is 0 Å². The van der Waals surface area contributed by atoms with Crippen LogP contribution in [0, 0.1) is 6.92 Å². The first-order chi connectivity index (χ1) is 12.7. The van der Waals surface area contributed by atoms with E-state index in [4.69, 9.17) is 4.74 Å². The van der Waals surface area contributed by atoms with Crippen LogP contribution in [0.5, 0.6) is 5.75 Å². The van der Waals surface area contributed by atoms with E-state index >= 15 is 0 Å². The summed E-state index contributed by atoms with van der Waals surface area (Å²) >= 11 is 3.24. The van der Waals surface area contributed by atoms with E-state index in [0.717, 1.165) is 27.1 Å². The third-order valence-electron chi connectivity index (χ3n) is 4.13. The Balaban J connectivity index is 1.46. The third kappa shape index (κ3) is 3.61. The molecule has 2 heterocycles. The molecule has 0 fully saturated rings. The second kappa shape index (κ2) is 7.51. The number of ether oxygens (including phenoxy) is 1. The van der Waals surface area contributed by atoms with Gasteiger partial charge in [-0.25, -0.2) is 4.98 Å². The number of fused-ring (bicyclic) bond motifs is 1. The Kier molecular flexibility index (Phi) is 4.95. The molecule has 0 aliphatic carbocycles. The number of para-hydroxylation sites is 1. The molecule has 0 bridgehead atoms.